The first-order valence-electron chi connectivity index (χ1n) is 8.87. The largest absolute Gasteiger partial charge is 0.248 e. The molecule has 0 fully saturated rings. The Morgan fingerprint density at radius 1 is 0.739 bits per heavy atom. The van der Waals surface area contributed by atoms with Crippen LogP contribution in [0.2, 0.25) is 0 Å². The molecule has 0 N–H and O–H groups in total. The summed E-state index contributed by atoms with van der Waals surface area (Å²) >= 11 is 0. The molecule has 0 atom stereocenters. The van der Waals surface area contributed by atoms with Crippen molar-refractivity contribution in [3.05, 3.63) is 65.0 Å². The molecule has 2 rings (SSSR count). The molecule has 0 amide bonds. The molecule has 0 aliphatic rings. The number of aryl methyl sites for hydroxylation is 2. The van der Waals surface area contributed by atoms with Crippen molar-refractivity contribution in [2.24, 2.45) is 0 Å². The van der Waals surface area contributed by atoms with Crippen molar-refractivity contribution in [3.8, 4) is 11.8 Å². The first-order chi connectivity index (χ1) is 11.3. The Kier molecular flexibility index (Phi) is 7.40. The minimum atomic E-state index is 0.847. The van der Waals surface area contributed by atoms with E-state index in [2.05, 4.69) is 61.0 Å². The number of unbranched alkanes of at least 4 members (excludes halogenated alkanes) is 3. The van der Waals surface area contributed by atoms with E-state index in [9.17, 15) is 0 Å². The molecule has 2 aromatic rings. The van der Waals surface area contributed by atoms with Gasteiger partial charge < -0.3 is 0 Å². The minimum absolute atomic E-state index is 0.847. The zero-order valence-corrected chi connectivity index (χ0v) is 14.4. The van der Waals surface area contributed by atoms with Crippen molar-refractivity contribution in [1.29, 1.82) is 0 Å². The maximum Gasteiger partial charge on any atom is 0.113 e. The van der Waals surface area contributed by atoms with Gasteiger partial charge in [0.25, 0.3) is 0 Å². The molecule has 0 saturated heterocycles. The second-order valence-electron chi connectivity index (χ2n) is 6.06. The van der Waals surface area contributed by atoms with Gasteiger partial charge in [0.1, 0.15) is 5.69 Å². The van der Waals surface area contributed by atoms with E-state index in [-0.39, 0.29) is 0 Å². The van der Waals surface area contributed by atoms with Gasteiger partial charge in [-0.2, -0.15) is 0 Å². The Hall–Kier alpha value is -2.07. The highest BCUT2D eigenvalue weighted by Gasteiger charge is 1.95. The summed E-state index contributed by atoms with van der Waals surface area (Å²) in [7, 11) is 0. The number of pyridine rings is 1. The lowest BCUT2D eigenvalue weighted by Gasteiger charge is -2.00. The molecule has 23 heavy (non-hydrogen) atoms. The predicted octanol–water partition coefficient (Wildman–Crippen LogP) is 5.56. The highest BCUT2D eigenvalue weighted by Crippen LogP contribution is 2.08. The third kappa shape index (κ3) is 6.28. The lowest BCUT2D eigenvalue weighted by molar-refractivity contribution is 0.666. The predicted molar refractivity (Wildman–Crippen MR) is 98.5 cm³/mol. The average molecular weight is 305 g/mol. The fourth-order valence-electron chi connectivity index (χ4n) is 2.58. The van der Waals surface area contributed by atoms with Crippen molar-refractivity contribution in [3.63, 3.8) is 0 Å². The van der Waals surface area contributed by atoms with E-state index in [0.717, 1.165) is 24.1 Å². The van der Waals surface area contributed by atoms with Crippen LogP contribution >= 0.6 is 0 Å². The van der Waals surface area contributed by atoms with Crippen LogP contribution in [0.25, 0.3) is 0 Å². The van der Waals surface area contributed by atoms with Crippen molar-refractivity contribution >= 4 is 0 Å². The van der Waals surface area contributed by atoms with Gasteiger partial charge in [-0.3, -0.25) is 0 Å². The quantitative estimate of drug-likeness (QED) is 0.482. The van der Waals surface area contributed by atoms with E-state index in [4.69, 9.17) is 0 Å². The van der Waals surface area contributed by atoms with Crippen LogP contribution in [0.4, 0.5) is 0 Å². The van der Waals surface area contributed by atoms with Gasteiger partial charge in [0.2, 0.25) is 0 Å². The molecular formula is C22H27N. The standard InChI is InChI=1S/C22H27N/c1-3-5-6-7-9-21-15-17-22(23-18-21)16-14-20-12-10-19(8-4-2)11-13-20/h10-13,15,17-18H,3-9H2,1-2H3. The summed E-state index contributed by atoms with van der Waals surface area (Å²) in [6.07, 6.45) is 10.6. The summed E-state index contributed by atoms with van der Waals surface area (Å²) in [5, 5.41) is 0. The molecule has 1 aromatic carbocycles. The van der Waals surface area contributed by atoms with Gasteiger partial charge in [0.05, 0.1) is 0 Å². The Balaban J connectivity index is 1.90. The van der Waals surface area contributed by atoms with Crippen LogP contribution < -0.4 is 0 Å². The number of hydrogen-bond acceptors (Lipinski definition) is 1. The number of rotatable bonds is 7. The van der Waals surface area contributed by atoms with Gasteiger partial charge >= 0.3 is 0 Å². The Morgan fingerprint density at radius 2 is 1.52 bits per heavy atom. The van der Waals surface area contributed by atoms with E-state index in [1.54, 1.807) is 0 Å². The van der Waals surface area contributed by atoms with E-state index in [0.29, 0.717) is 0 Å². The normalized spacial score (nSPS) is 10.2. The first kappa shape index (κ1) is 17.3. The average Bonchev–Trinajstić information content (AvgIpc) is 2.59. The number of hydrogen-bond donors (Lipinski definition) is 0. The molecule has 0 saturated carbocycles. The van der Waals surface area contributed by atoms with Crippen LogP contribution in [0.1, 0.15) is 68.3 Å². The summed E-state index contributed by atoms with van der Waals surface area (Å²) in [6, 6.07) is 12.7. The maximum absolute atomic E-state index is 4.47. The van der Waals surface area contributed by atoms with Crippen molar-refractivity contribution in [2.75, 3.05) is 0 Å². The number of nitrogens with zero attached hydrogens (tertiary/aromatic N) is 1. The van der Waals surface area contributed by atoms with Crippen molar-refractivity contribution in [1.82, 2.24) is 4.98 Å². The number of aromatic nitrogens is 1. The molecule has 0 aliphatic carbocycles. The Labute approximate surface area is 141 Å². The highest BCUT2D eigenvalue weighted by atomic mass is 14.7. The molecule has 0 spiro atoms. The van der Waals surface area contributed by atoms with E-state index >= 15 is 0 Å². The van der Waals surface area contributed by atoms with Gasteiger partial charge in [-0.15, -0.1) is 0 Å². The molecule has 1 heterocycles. The molecule has 0 unspecified atom stereocenters. The summed E-state index contributed by atoms with van der Waals surface area (Å²) in [5.74, 6) is 6.35. The second-order valence-corrected chi connectivity index (χ2v) is 6.06. The number of benzene rings is 1. The van der Waals surface area contributed by atoms with Gasteiger partial charge in [-0.1, -0.05) is 63.7 Å². The van der Waals surface area contributed by atoms with Crippen LogP contribution in [0, 0.1) is 11.8 Å². The fraction of sp³-hybridized carbons (Fsp3) is 0.409. The lowest BCUT2D eigenvalue weighted by Crippen LogP contribution is -1.89. The molecule has 1 heteroatoms. The molecule has 0 radical (unpaired) electrons. The molecule has 1 aromatic heterocycles. The maximum atomic E-state index is 4.47. The zero-order valence-electron chi connectivity index (χ0n) is 14.4. The van der Waals surface area contributed by atoms with Crippen molar-refractivity contribution in [2.45, 2.75) is 58.8 Å². The Morgan fingerprint density at radius 3 is 2.17 bits per heavy atom. The van der Waals surface area contributed by atoms with Crippen LogP contribution in [0.15, 0.2) is 42.6 Å². The van der Waals surface area contributed by atoms with Crippen LogP contribution in [-0.2, 0) is 12.8 Å². The smallest absolute Gasteiger partial charge is 0.113 e. The highest BCUT2D eigenvalue weighted by molar-refractivity contribution is 5.41. The summed E-state index contributed by atoms with van der Waals surface area (Å²) in [6.45, 7) is 4.44. The first-order valence-corrected chi connectivity index (χ1v) is 8.87. The van der Waals surface area contributed by atoms with Gasteiger partial charge in [-0.25, -0.2) is 4.98 Å². The summed E-state index contributed by atoms with van der Waals surface area (Å²) in [5.41, 5.74) is 4.59. The minimum Gasteiger partial charge on any atom is -0.248 e. The molecule has 1 nitrogen and oxygen atoms in total. The molecule has 120 valence electrons. The third-order valence-corrected chi connectivity index (χ3v) is 3.97. The topological polar surface area (TPSA) is 12.9 Å². The monoisotopic (exact) mass is 305 g/mol. The third-order valence-electron chi connectivity index (χ3n) is 3.97. The Bertz CT molecular complexity index is 626. The van der Waals surface area contributed by atoms with E-state index < -0.39 is 0 Å². The summed E-state index contributed by atoms with van der Waals surface area (Å²) in [4.78, 5) is 4.47. The molecule has 0 bridgehead atoms. The zero-order chi connectivity index (χ0) is 16.3. The SMILES string of the molecule is CCCCCCc1ccc(C#Cc2ccc(CCC)cc2)nc1. The van der Waals surface area contributed by atoms with E-state index in [1.807, 2.05) is 12.3 Å². The molecular weight excluding hydrogens is 278 g/mol. The lowest BCUT2D eigenvalue weighted by atomic mass is 10.1. The van der Waals surface area contributed by atoms with Gasteiger partial charge in [-0.05, 0) is 54.5 Å². The second kappa shape index (κ2) is 9.85. The van der Waals surface area contributed by atoms with Crippen LogP contribution in [0.5, 0.6) is 0 Å². The fourth-order valence-corrected chi connectivity index (χ4v) is 2.58. The molecule has 0 aliphatic heterocycles. The van der Waals surface area contributed by atoms with Gasteiger partial charge in [0.15, 0.2) is 0 Å². The van der Waals surface area contributed by atoms with Crippen LogP contribution in [-0.4, -0.2) is 4.98 Å². The summed E-state index contributed by atoms with van der Waals surface area (Å²) < 4.78 is 0. The van der Waals surface area contributed by atoms with E-state index in [1.165, 1.54) is 43.2 Å². The van der Waals surface area contributed by atoms with Gasteiger partial charge in [0, 0.05) is 11.8 Å². The van der Waals surface area contributed by atoms with Crippen molar-refractivity contribution < 1.29 is 0 Å². The van der Waals surface area contributed by atoms with Crippen LogP contribution in [0.3, 0.4) is 0 Å².